The molecule has 1 heterocycles. The van der Waals surface area contributed by atoms with Crippen molar-refractivity contribution >= 4 is 5.78 Å². The standard InChI is InChI=1S/C11H18O3/c1-4-9(13)10(3,6-7-12)11(5-2)8-14-11/h4,12H,1,5-8H2,2-3H3. The first-order chi connectivity index (χ1) is 6.56. The molecule has 3 nitrogen and oxygen atoms in total. The highest BCUT2D eigenvalue weighted by Crippen LogP contribution is 2.49. The van der Waals surface area contributed by atoms with Crippen molar-refractivity contribution < 1.29 is 14.6 Å². The number of hydrogen-bond acceptors (Lipinski definition) is 3. The summed E-state index contributed by atoms with van der Waals surface area (Å²) < 4.78 is 5.41. The van der Waals surface area contributed by atoms with Gasteiger partial charge in [-0.25, -0.2) is 0 Å². The first kappa shape index (κ1) is 11.4. The Morgan fingerprint density at radius 2 is 2.36 bits per heavy atom. The van der Waals surface area contributed by atoms with E-state index >= 15 is 0 Å². The predicted octanol–water partition coefficient (Wildman–Crippen LogP) is 1.31. The van der Waals surface area contributed by atoms with E-state index in [0.29, 0.717) is 13.0 Å². The van der Waals surface area contributed by atoms with Crippen molar-refractivity contribution in [1.29, 1.82) is 0 Å². The average molecular weight is 198 g/mol. The molecule has 0 bridgehead atoms. The molecule has 1 N–H and O–H groups in total. The summed E-state index contributed by atoms with van der Waals surface area (Å²) in [5, 5.41) is 8.99. The van der Waals surface area contributed by atoms with Crippen LogP contribution >= 0.6 is 0 Å². The highest BCUT2D eigenvalue weighted by Gasteiger charge is 2.60. The molecule has 0 aromatic rings. The van der Waals surface area contributed by atoms with Gasteiger partial charge in [0.15, 0.2) is 5.78 Å². The van der Waals surface area contributed by atoms with Crippen LogP contribution in [0, 0.1) is 5.41 Å². The molecule has 0 aromatic carbocycles. The van der Waals surface area contributed by atoms with Crippen LogP contribution in [0.5, 0.6) is 0 Å². The number of carbonyl (C=O) groups is 1. The van der Waals surface area contributed by atoms with Crippen molar-refractivity contribution in [3.8, 4) is 0 Å². The molecule has 2 unspecified atom stereocenters. The van der Waals surface area contributed by atoms with E-state index in [9.17, 15) is 4.79 Å². The number of ketones is 1. The number of epoxide rings is 1. The van der Waals surface area contributed by atoms with E-state index in [0.717, 1.165) is 6.42 Å². The lowest BCUT2D eigenvalue weighted by Crippen LogP contribution is -2.42. The minimum absolute atomic E-state index is 0.00118. The number of aliphatic hydroxyl groups excluding tert-OH is 1. The van der Waals surface area contributed by atoms with Gasteiger partial charge in [0, 0.05) is 6.61 Å². The number of hydrogen-bond donors (Lipinski definition) is 1. The predicted molar refractivity (Wildman–Crippen MR) is 54.0 cm³/mol. The highest BCUT2D eigenvalue weighted by molar-refractivity contribution is 5.95. The molecule has 0 aromatic heterocycles. The monoisotopic (exact) mass is 198 g/mol. The van der Waals surface area contributed by atoms with Crippen molar-refractivity contribution in [3.63, 3.8) is 0 Å². The van der Waals surface area contributed by atoms with Crippen molar-refractivity contribution in [2.24, 2.45) is 5.41 Å². The van der Waals surface area contributed by atoms with Crippen LogP contribution in [-0.4, -0.2) is 29.7 Å². The molecule has 1 saturated heterocycles. The zero-order valence-electron chi connectivity index (χ0n) is 8.88. The van der Waals surface area contributed by atoms with Gasteiger partial charge in [0.25, 0.3) is 0 Å². The maximum absolute atomic E-state index is 11.8. The Kier molecular flexibility index (Phi) is 3.12. The molecule has 1 aliphatic rings. The number of aliphatic hydroxyl groups is 1. The Labute approximate surface area is 84.8 Å². The van der Waals surface area contributed by atoms with E-state index < -0.39 is 5.41 Å². The summed E-state index contributed by atoms with van der Waals surface area (Å²) in [6, 6.07) is 0. The Balaban J connectivity index is 2.92. The molecule has 1 fully saturated rings. The molecule has 80 valence electrons. The first-order valence-corrected chi connectivity index (χ1v) is 4.98. The molecule has 2 atom stereocenters. The zero-order chi connectivity index (χ0) is 10.8. The molecular formula is C11H18O3. The molecule has 1 aliphatic heterocycles. The summed E-state index contributed by atoms with van der Waals surface area (Å²) in [4.78, 5) is 11.8. The van der Waals surface area contributed by atoms with E-state index in [2.05, 4.69) is 6.58 Å². The van der Waals surface area contributed by atoms with Crippen LogP contribution in [0.4, 0.5) is 0 Å². The molecule has 0 aliphatic carbocycles. The fourth-order valence-corrected chi connectivity index (χ4v) is 2.02. The van der Waals surface area contributed by atoms with Crippen LogP contribution in [0.25, 0.3) is 0 Å². The van der Waals surface area contributed by atoms with Crippen molar-refractivity contribution in [2.75, 3.05) is 13.2 Å². The number of rotatable bonds is 6. The summed E-state index contributed by atoms with van der Waals surface area (Å²) in [7, 11) is 0. The van der Waals surface area contributed by atoms with Gasteiger partial charge < -0.3 is 9.84 Å². The van der Waals surface area contributed by atoms with Crippen molar-refractivity contribution in [3.05, 3.63) is 12.7 Å². The quantitative estimate of drug-likeness (QED) is 0.517. The van der Waals surface area contributed by atoms with E-state index in [-0.39, 0.29) is 18.0 Å². The minimum Gasteiger partial charge on any atom is -0.396 e. The minimum atomic E-state index is -0.613. The van der Waals surface area contributed by atoms with Gasteiger partial charge >= 0.3 is 0 Å². The lowest BCUT2D eigenvalue weighted by atomic mass is 9.70. The molecule has 0 saturated carbocycles. The van der Waals surface area contributed by atoms with Gasteiger partial charge in [-0.2, -0.15) is 0 Å². The lowest BCUT2D eigenvalue weighted by molar-refractivity contribution is -0.128. The Hall–Kier alpha value is -0.670. The number of allylic oxidation sites excluding steroid dienone is 1. The van der Waals surface area contributed by atoms with E-state index in [1.54, 1.807) is 0 Å². The molecular weight excluding hydrogens is 180 g/mol. The summed E-state index contributed by atoms with van der Waals surface area (Å²) in [6.45, 7) is 7.96. The first-order valence-electron chi connectivity index (χ1n) is 4.98. The van der Waals surface area contributed by atoms with Gasteiger partial charge in [-0.15, -0.1) is 0 Å². The second-order valence-corrected chi connectivity index (χ2v) is 4.01. The third-order valence-corrected chi connectivity index (χ3v) is 3.41. The molecule has 1 rings (SSSR count). The highest BCUT2D eigenvalue weighted by atomic mass is 16.6. The average Bonchev–Trinajstić information content (AvgIpc) is 2.97. The van der Waals surface area contributed by atoms with Gasteiger partial charge in [0.05, 0.1) is 12.0 Å². The summed E-state index contributed by atoms with van der Waals surface area (Å²) >= 11 is 0. The molecule has 3 heteroatoms. The zero-order valence-corrected chi connectivity index (χ0v) is 8.88. The Morgan fingerprint density at radius 3 is 2.64 bits per heavy atom. The second kappa shape index (κ2) is 3.83. The van der Waals surface area contributed by atoms with Crippen LogP contribution < -0.4 is 0 Å². The van der Waals surface area contributed by atoms with Gasteiger partial charge in [-0.05, 0) is 25.8 Å². The number of ether oxygens (including phenoxy) is 1. The van der Waals surface area contributed by atoms with Crippen LogP contribution in [-0.2, 0) is 9.53 Å². The largest absolute Gasteiger partial charge is 0.396 e. The summed E-state index contributed by atoms with van der Waals surface area (Å²) in [5.74, 6) is -0.0362. The molecule has 0 spiro atoms. The Morgan fingerprint density at radius 1 is 1.79 bits per heavy atom. The van der Waals surface area contributed by atoms with E-state index in [1.165, 1.54) is 6.08 Å². The van der Waals surface area contributed by atoms with Crippen LogP contribution in [0.1, 0.15) is 26.7 Å². The normalized spacial score (nSPS) is 29.4. The van der Waals surface area contributed by atoms with Gasteiger partial charge in [-0.3, -0.25) is 4.79 Å². The Bertz CT molecular complexity index is 243. The SMILES string of the molecule is C=CC(=O)C(C)(CCO)C1(CC)CO1. The topological polar surface area (TPSA) is 49.8 Å². The maximum atomic E-state index is 11.8. The van der Waals surface area contributed by atoms with Crippen molar-refractivity contribution in [1.82, 2.24) is 0 Å². The van der Waals surface area contributed by atoms with Crippen molar-refractivity contribution in [2.45, 2.75) is 32.3 Å². The third-order valence-electron chi connectivity index (χ3n) is 3.41. The van der Waals surface area contributed by atoms with Crippen LogP contribution in [0.3, 0.4) is 0 Å². The lowest BCUT2D eigenvalue weighted by Gasteiger charge is -2.32. The fraction of sp³-hybridized carbons (Fsp3) is 0.727. The summed E-state index contributed by atoms with van der Waals surface area (Å²) in [6.07, 6.45) is 2.56. The molecule has 0 radical (unpaired) electrons. The van der Waals surface area contributed by atoms with Gasteiger partial charge in [0.1, 0.15) is 5.60 Å². The summed E-state index contributed by atoms with van der Waals surface area (Å²) in [5.41, 5.74) is -0.973. The van der Waals surface area contributed by atoms with Crippen LogP contribution in [0.15, 0.2) is 12.7 Å². The molecule has 14 heavy (non-hydrogen) atoms. The third kappa shape index (κ3) is 1.51. The van der Waals surface area contributed by atoms with E-state index in [1.807, 2.05) is 13.8 Å². The smallest absolute Gasteiger partial charge is 0.164 e. The van der Waals surface area contributed by atoms with Gasteiger partial charge in [-0.1, -0.05) is 13.5 Å². The molecule has 0 amide bonds. The number of carbonyl (C=O) groups excluding carboxylic acids is 1. The second-order valence-electron chi connectivity index (χ2n) is 4.01. The fourth-order valence-electron chi connectivity index (χ4n) is 2.02. The van der Waals surface area contributed by atoms with E-state index in [4.69, 9.17) is 9.84 Å². The van der Waals surface area contributed by atoms with Gasteiger partial charge in [0.2, 0.25) is 0 Å². The van der Waals surface area contributed by atoms with Crippen LogP contribution in [0.2, 0.25) is 0 Å². The maximum Gasteiger partial charge on any atom is 0.164 e.